The second-order valence-electron chi connectivity index (χ2n) is 2.91. The number of ether oxygens (including phenoxy) is 1. The fourth-order valence-corrected chi connectivity index (χ4v) is 1.74. The van der Waals surface area contributed by atoms with Gasteiger partial charge in [-0.15, -0.1) is 0 Å². The topological polar surface area (TPSA) is 35.2 Å². The second-order valence-corrected chi connectivity index (χ2v) is 4.13. The molecule has 1 aromatic rings. The van der Waals surface area contributed by atoms with E-state index in [2.05, 4.69) is 15.9 Å². The van der Waals surface area contributed by atoms with Crippen molar-refractivity contribution in [2.75, 3.05) is 12.3 Å². The summed E-state index contributed by atoms with van der Waals surface area (Å²) in [6.45, 7) is 4.45. The van der Waals surface area contributed by atoms with Crippen molar-refractivity contribution in [3.63, 3.8) is 0 Å². The molecule has 0 aliphatic rings. The van der Waals surface area contributed by atoms with Crippen LogP contribution in [0.4, 0.5) is 5.69 Å². The minimum absolute atomic E-state index is 0.459. The molecule has 2 N–H and O–H groups in total. The monoisotopic (exact) mass is 273 g/mol. The van der Waals surface area contributed by atoms with Crippen molar-refractivity contribution in [3.05, 3.63) is 27.7 Å². The maximum Gasteiger partial charge on any atom is 0.193 e. The first-order valence-electron chi connectivity index (χ1n) is 4.29. The summed E-state index contributed by atoms with van der Waals surface area (Å²) >= 11 is 8.50. The van der Waals surface area contributed by atoms with Crippen LogP contribution in [0.15, 0.2) is 16.6 Å². The molecule has 0 fully saturated rings. The van der Waals surface area contributed by atoms with Gasteiger partial charge in [-0.05, 0) is 43.8 Å². The number of aryl methyl sites for hydroxylation is 1. The van der Waals surface area contributed by atoms with Crippen molar-refractivity contribution in [1.29, 1.82) is 0 Å². The number of hydrogen-bond acceptors (Lipinski definition) is 3. The van der Waals surface area contributed by atoms with Gasteiger partial charge in [-0.3, -0.25) is 0 Å². The summed E-state index contributed by atoms with van der Waals surface area (Å²) in [5, 5.41) is 0.459. The first-order valence-corrected chi connectivity index (χ1v) is 5.49. The van der Waals surface area contributed by atoms with Crippen LogP contribution in [0.3, 0.4) is 0 Å². The lowest BCUT2D eigenvalue weighted by atomic mass is 10.1. The van der Waals surface area contributed by atoms with Gasteiger partial charge < -0.3 is 10.5 Å². The first kappa shape index (κ1) is 11.5. The van der Waals surface area contributed by atoms with Crippen molar-refractivity contribution in [3.8, 4) is 0 Å². The Bertz CT molecular complexity index is 365. The zero-order chi connectivity index (χ0) is 10.7. The Kier molecular flexibility index (Phi) is 3.89. The molecule has 0 amide bonds. The fraction of sp³-hybridized carbons (Fsp3) is 0.300. The van der Waals surface area contributed by atoms with Crippen LogP contribution in [0, 0.1) is 6.92 Å². The summed E-state index contributed by atoms with van der Waals surface area (Å²) in [7, 11) is 0. The quantitative estimate of drug-likeness (QED) is 0.665. The van der Waals surface area contributed by atoms with Crippen molar-refractivity contribution in [2.45, 2.75) is 13.8 Å². The van der Waals surface area contributed by atoms with Crippen LogP contribution in [-0.4, -0.2) is 11.7 Å². The summed E-state index contributed by atoms with van der Waals surface area (Å²) in [6, 6.07) is 3.77. The second kappa shape index (κ2) is 4.75. The van der Waals surface area contributed by atoms with E-state index in [4.69, 9.17) is 22.7 Å². The van der Waals surface area contributed by atoms with Crippen LogP contribution in [-0.2, 0) is 4.74 Å². The van der Waals surface area contributed by atoms with E-state index < -0.39 is 0 Å². The molecule has 76 valence electrons. The predicted molar refractivity (Wildman–Crippen MR) is 66.6 cm³/mol. The van der Waals surface area contributed by atoms with E-state index in [0.717, 1.165) is 15.6 Å². The Labute approximate surface area is 97.6 Å². The van der Waals surface area contributed by atoms with Gasteiger partial charge in [0.05, 0.1) is 12.2 Å². The molecule has 14 heavy (non-hydrogen) atoms. The SMILES string of the molecule is CCOC(=S)c1cc(C)c(Br)cc1N. The smallest absolute Gasteiger partial charge is 0.193 e. The van der Waals surface area contributed by atoms with E-state index in [1.807, 2.05) is 26.0 Å². The number of nitrogens with two attached hydrogens (primary N) is 1. The van der Waals surface area contributed by atoms with Crippen LogP contribution < -0.4 is 5.73 Å². The number of thiocarbonyl (C=S) groups is 1. The zero-order valence-corrected chi connectivity index (χ0v) is 10.5. The van der Waals surface area contributed by atoms with E-state index in [1.165, 1.54) is 0 Å². The highest BCUT2D eigenvalue weighted by molar-refractivity contribution is 9.10. The predicted octanol–water partition coefficient (Wildman–Crippen LogP) is 3.05. The van der Waals surface area contributed by atoms with E-state index in [0.29, 0.717) is 17.3 Å². The summed E-state index contributed by atoms with van der Waals surface area (Å²) < 4.78 is 6.22. The molecule has 0 unspecified atom stereocenters. The molecule has 0 aliphatic carbocycles. The molecule has 0 saturated heterocycles. The first-order chi connectivity index (χ1) is 6.56. The third-order valence-corrected chi connectivity index (χ3v) is 3.02. The molecule has 0 radical (unpaired) electrons. The maximum atomic E-state index is 5.82. The molecule has 0 aromatic heterocycles. The molecular weight excluding hydrogens is 262 g/mol. The highest BCUT2D eigenvalue weighted by Gasteiger charge is 2.08. The third kappa shape index (κ3) is 2.45. The number of halogens is 1. The molecule has 0 bridgehead atoms. The van der Waals surface area contributed by atoms with Gasteiger partial charge in [0, 0.05) is 10.2 Å². The molecule has 4 heteroatoms. The van der Waals surface area contributed by atoms with E-state index in [1.54, 1.807) is 0 Å². The lowest BCUT2D eigenvalue weighted by molar-refractivity contribution is 0.338. The van der Waals surface area contributed by atoms with Gasteiger partial charge in [0.2, 0.25) is 0 Å². The van der Waals surface area contributed by atoms with Crippen molar-refractivity contribution >= 4 is 38.9 Å². The van der Waals surface area contributed by atoms with Gasteiger partial charge in [0.1, 0.15) is 0 Å². The van der Waals surface area contributed by atoms with Gasteiger partial charge in [0.25, 0.3) is 0 Å². The van der Waals surface area contributed by atoms with Crippen LogP contribution in [0.2, 0.25) is 0 Å². The summed E-state index contributed by atoms with van der Waals surface area (Å²) in [6.07, 6.45) is 0. The number of rotatable bonds is 2. The molecule has 0 heterocycles. The number of hydrogen-bond donors (Lipinski definition) is 1. The Balaban J connectivity index is 3.09. The lowest BCUT2D eigenvalue weighted by Crippen LogP contribution is -2.07. The van der Waals surface area contributed by atoms with Crippen molar-refractivity contribution < 1.29 is 4.74 Å². The molecule has 0 saturated carbocycles. The molecular formula is C10H12BrNOS. The van der Waals surface area contributed by atoms with Gasteiger partial charge in [-0.2, -0.15) is 0 Å². The van der Waals surface area contributed by atoms with E-state index in [9.17, 15) is 0 Å². The number of anilines is 1. The lowest BCUT2D eigenvalue weighted by Gasteiger charge is -2.10. The van der Waals surface area contributed by atoms with Crippen molar-refractivity contribution in [1.82, 2.24) is 0 Å². The van der Waals surface area contributed by atoms with E-state index >= 15 is 0 Å². The number of nitrogen functional groups attached to an aromatic ring is 1. The number of benzene rings is 1. The molecule has 1 aromatic carbocycles. The van der Waals surface area contributed by atoms with Gasteiger partial charge in [-0.1, -0.05) is 15.9 Å². The molecule has 2 nitrogen and oxygen atoms in total. The summed E-state index contributed by atoms with van der Waals surface area (Å²) in [5.74, 6) is 0. The molecule has 0 atom stereocenters. The Morgan fingerprint density at radius 2 is 2.21 bits per heavy atom. The average molecular weight is 274 g/mol. The van der Waals surface area contributed by atoms with Crippen LogP contribution >= 0.6 is 28.1 Å². The highest BCUT2D eigenvalue weighted by Crippen LogP contribution is 2.24. The van der Waals surface area contributed by atoms with Crippen LogP contribution in [0.1, 0.15) is 18.1 Å². The molecule has 0 spiro atoms. The van der Waals surface area contributed by atoms with Crippen LogP contribution in [0.25, 0.3) is 0 Å². The maximum absolute atomic E-state index is 5.82. The van der Waals surface area contributed by atoms with Crippen LogP contribution in [0.5, 0.6) is 0 Å². The van der Waals surface area contributed by atoms with Crippen molar-refractivity contribution in [2.24, 2.45) is 0 Å². The minimum Gasteiger partial charge on any atom is -0.483 e. The fourth-order valence-electron chi connectivity index (χ4n) is 1.08. The molecule has 0 aliphatic heterocycles. The normalized spacial score (nSPS) is 9.93. The molecule has 1 rings (SSSR count). The van der Waals surface area contributed by atoms with Gasteiger partial charge in [0.15, 0.2) is 5.05 Å². The largest absolute Gasteiger partial charge is 0.483 e. The Hall–Kier alpha value is -0.610. The van der Waals surface area contributed by atoms with Gasteiger partial charge >= 0.3 is 0 Å². The standard InChI is InChI=1S/C10H12BrNOS/c1-3-13-10(14)7-4-6(2)8(11)5-9(7)12/h4-5H,3,12H2,1-2H3. The Morgan fingerprint density at radius 3 is 2.79 bits per heavy atom. The van der Waals surface area contributed by atoms with Gasteiger partial charge in [-0.25, -0.2) is 0 Å². The minimum atomic E-state index is 0.459. The average Bonchev–Trinajstić information content (AvgIpc) is 2.11. The summed E-state index contributed by atoms with van der Waals surface area (Å²) in [4.78, 5) is 0. The van der Waals surface area contributed by atoms with E-state index in [-0.39, 0.29) is 0 Å². The summed E-state index contributed by atoms with van der Waals surface area (Å²) in [5.41, 5.74) is 8.35. The highest BCUT2D eigenvalue weighted by atomic mass is 79.9. The Morgan fingerprint density at radius 1 is 1.57 bits per heavy atom. The third-order valence-electron chi connectivity index (χ3n) is 1.83. The zero-order valence-electron chi connectivity index (χ0n) is 8.13.